The van der Waals surface area contributed by atoms with Crippen molar-refractivity contribution in [3.8, 4) is 5.75 Å². The summed E-state index contributed by atoms with van der Waals surface area (Å²) in [5.74, 6) is -1.71. The van der Waals surface area contributed by atoms with Gasteiger partial charge >= 0.3 is 12.4 Å². The summed E-state index contributed by atoms with van der Waals surface area (Å²) in [6, 6.07) is 1.79. The van der Waals surface area contributed by atoms with E-state index in [1.165, 1.54) is 10.2 Å². The normalized spacial score (nSPS) is 13.2. The second kappa shape index (κ2) is 10.2. The molecule has 0 aliphatic carbocycles. The maximum atomic E-state index is 13.2. The Labute approximate surface area is 195 Å². The predicted molar refractivity (Wildman–Crippen MR) is 114 cm³/mol. The Balaban J connectivity index is 2.55. The minimum atomic E-state index is -4.86. The topological polar surface area (TPSA) is 68.5 Å². The van der Waals surface area contributed by atoms with Crippen LogP contribution in [0, 0.1) is 0 Å². The lowest BCUT2D eigenvalue weighted by molar-refractivity contribution is -0.137. The zero-order valence-electron chi connectivity index (χ0n) is 18.9. The Morgan fingerprint density at radius 1 is 1.21 bits per heavy atom. The van der Waals surface area contributed by atoms with Gasteiger partial charge in [0.05, 0.1) is 11.1 Å². The van der Waals surface area contributed by atoms with Crippen LogP contribution in [-0.2, 0) is 18.1 Å². The molecule has 1 aromatic carbocycles. The van der Waals surface area contributed by atoms with Crippen LogP contribution in [0.15, 0.2) is 35.5 Å². The standard InChI is InChI=1S/C21H24F6N4O2S/c1-6-7-10-31-18(34-17(29-31)19(3,4)5)28-16(32)14-11-13(21(25,26)27)8-9-15(14)33-30-12(2)20(22,23)24/h8-9,11,30H,2,6-7,10H2,1,3-5H3. The summed E-state index contributed by atoms with van der Waals surface area (Å²) in [4.78, 5) is 21.8. The SMILES string of the molecule is C=C(NOc1ccc(C(F)(F)F)cc1C(=O)N=c1sc(C(C)(C)C)nn1CCCC)C(F)(F)F. The lowest BCUT2D eigenvalue weighted by atomic mass is 9.98. The molecular weight excluding hydrogens is 486 g/mol. The summed E-state index contributed by atoms with van der Waals surface area (Å²) in [7, 11) is 0. The molecule has 6 nitrogen and oxygen atoms in total. The third-order valence-electron chi connectivity index (χ3n) is 4.35. The number of amides is 1. The van der Waals surface area contributed by atoms with Crippen molar-refractivity contribution in [2.45, 2.75) is 64.8 Å². The largest absolute Gasteiger partial charge is 0.433 e. The molecule has 188 valence electrons. The van der Waals surface area contributed by atoms with Gasteiger partial charge in [0.1, 0.15) is 10.7 Å². The van der Waals surface area contributed by atoms with E-state index in [0.717, 1.165) is 30.2 Å². The van der Waals surface area contributed by atoms with Gasteiger partial charge in [-0.05, 0) is 24.6 Å². The molecule has 2 rings (SSSR count). The highest BCUT2D eigenvalue weighted by atomic mass is 32.1. The smallest absolute Gasteiger partial charge is 0.381 e. The van der Waals surface area contributed by atoms with Gasteiger partial charge in [-0.25, -0.2) is 10.2 Å². The van der Waals surface area contributed by atoms with E-state index < -0.39 is 40.8 Å². The Morgan fingerprint density at radius 2 is 1.85 bits per heavy atom. The van der Waals surface area contributed by atoms with Crippen LogP contribution in [-0.4, -0.2) is 21.9 Å². The number of aromatic nitrogens is 2. The molecule has 1 aromatic heterocycles. The van der Waals surface area contributed by atoms with Crippen LogP contribution in [0.1, 0.15) is 61.5 Å². The predicted octanol–water partition coefficient (Wildman–Crippen LogP) is 5.76. The fourth-order valence-corrected chi connectivity index (χ4v) is 3.42. The Bertz CT molecular complexity index is 1110. The zero-order valence-corrected chi connectivity index (χ0v) is 19.7. The van der Waals surface area contributed by atoms with Crippen LogP contribution in [0.5, 0.6) is 5.75 Å². The van der Waals surface area contributed by atoms with Crippen molar-refractivity contribution in [1.82, 2.24) is 15.3 Å². The maximum absolute atomic E-state index is 13.2. The maximum Gasteiger partial charge on any atom is 0.433 e. The highest BCUT2D eigenvalue weighted by Crippen LogP contribution is 2.33. The van der Waals surface area contributed by atoms with Gasteiger partial charge < -0.3 is 4.84 Å². The molecule has 2 aromatic rings. The quantitative estimate of drug-likeness (QED) is 0.380. The Morgan fingerprint density at radius 3 is 2.38 bits per heavy atom. The van der Waals surface area contributed by atoms with Crippen molar-refractivity contribution in [2.24, 2.45) is 4.99 Å². The molecule has 13 heteroatoms. The average molecular weight is 511 g/mol. The second-order valence-corrected chi connectivity index (χ2v) is 9.28. The number of carbonyl (C=O) groups is 1. The molecule has 0 spiro atoms. The number of aryl methyl sites for hydroxylation is 1. The monoisotopic (exact) mass is 510 g/mol. The minimum absolute atomic E-state index is 0.152. The van der Waals surface area contributed by atoms with Gasteiger partial charge in [0.25, 0.3) is 5.91 Å². The van der Waals surface area contributed by atoms with Crippen LogP contribution in [0.4, 0.5) is 26.3 Å². The third kappa shape index (κ3) is 7.08. The Kier molecular flexibility index (Phi) is 8.22. The van der Waals surface area contributed by atoms with Crippen LogP contribution in [0.3, 0.4) is 0 Å². The summed E-state index contributed by atoms with van der Waals surface area (Å²) < 4.78 is 79.2. The minimum Gasteiger partial charge on any atom is -0.381 e. The summed E-state index contributed by atoms with van der Waals surface area (Å²) in [5, 5.41) is 5.11. The Hall–Kier alpha value is -2.83. The molecule has 0 unspecified atom stereocenters. The van der Waals surface area contributed by atoms with E-state index in [2.05, 4.69) is 16.7 Å². The number of alkyl halides is 6. The summed E-state index contributed by atoms with van der Waals surface area (Å²) in [5.41, 5.74) is -2.23. The van der Waals surface area contributed by atoms with E-state index in [1.54, 1.807) is 0 Å². The number of hydrogen-bond acceptors (Lipinski definition) is 5. The van der Waals surface area contributed by atoms with Gasteiger partial charge in [-0.15, -0.1) is 0 Å². The van der Waals surface area contributed by atoms with E-state index in [9.17, 15) is 31.1 Å². The average Bonchev–Trinajstić information content (AvgIpc) is 3.11. The van der Waals surface area contributed by atoms with E-state index in [4.69, 9.17) is 4.84 Å². The van der Waals surface area contributed by atoms with Gasteiger partial charge in [0.2, 0.25) is 4.80 Å². The molecule has 0 aliphatic heterocycles. The molecule has 0 radical (unpaired) electrons. The lowest BCUT2D eigenvalue weighted by Crippen LogP contribution is -2.28. The van der Waals surface area contributed by atoms with Crippen molar-refractivity contribution in [3.05, 3.63) is 51.4 Å². The lowest BCUT2D eigenvalue weighted by Gasteiger charge is -2.15. The summed E-state index contributed by atoms with van der Waals surface area (Å²) >= 11 is 1.10. The number of hydroxylamine groups is 1. The number of allylic oxidation sites excluding steroid dienone is 1. The van der Waals surface area contributed by atoms with Gasteiger partial charge in [-0.3, -0.25) is 4.79 Å². The summed E-state index contributed by atoms with van der Waals surface area (Å²) in [6.45, 7) is 10.8. The van der Waals surface area contributed by atoms with Crippen molar-refractivity contribution >= 4 is 17.2 Å². The third-order valence-corrected chi connectivity index (χ3v) is 5.72. The first-order valence-corrected chi connectivity index (χ1v) is 10.9. The number of rotatable bonds is 7. The first-order valence-electron chi connectivity index (χ1n) is 10.1. The van der Waals surface area contributed by atoms with E-state index >= 15 is 0 Å². The van der Waals surface area contributed by atoms with E-state index in [-0.39, 0.29) is 10.2 Å². The van der Waals surface area contributed by atoms with Crippen LogP contribution < -0.4 is 15.1 Å². The fourth-order valence-electron chi connectivity index (χ4n) is 2.43. The molecule has 34 heavy (non-hydrogen) atoms. The number of benzene rings is 1. The number of nitrogens with zero attached hydrogens (tertiary/aromatic N) is 3. The number of nitrogens with one attached hydrogen (secondary N) is 1. The van der Waals surface area contributed by atoms with Crippen LogP contribution in [0.2, 0.25) is 0 Å². The molecule has 1 heterocycles. The molecule has 0 atom stereocenters. The van der Waals surface area contributed by atoms with Gasteiger partial charge in [0, 0.05) is 12.0 Å². The highest BCUT2D eigenvalue weighted by molar-refractivity contribution is 7.09. The molecule has 0 saturated heterocycles. The van der Waals surface area contributed by atoms with Gasteiger partial charge in [0.15, 0.2) is 5.75 Å². The molecule has 0 aliphatic rings. The van der Waals surface area contributed by atoms with Crippen molar-refractivity contribution in [1.29, 1.82) is 0 Å². The fraction of sp³-hybridized carbons (Fsp3) is 0.476. The van der Waals surface area contributed by atoms with Crippen molar-refractivity contribution in [2.75, 3.05) is 0 Å². The second-order valence-electron chi connectivity index (χ2n) is 8.32. The number of carbonyl (C=O) groups excluding carboxylic acids is 1. The first-order chi connectivity index (χ1) is 15.5. The molecule has 0 fully saturated rings. The van der Waals surface area contributed by atoms with Crippen LogP contribution >= 0.6 is 11.3 Å². The zero-order chi connectivity index (χ0) is 25.9. The van der Waals surface area contributed by atoms with E-state index in [1.807, 2.05) is 27.7 Å². The number of hydrogen-bond donors (Lipinski definition) is 1. The van der Waals surface area contributed by atoms with E-state index in [0.29, 0.717) is 23.7 Å². The van der Waals surface area contributed by atoms with Crippen LogP contribution in [0.25, 0.3) is 0 Å². The first kappa shape index (κ1) is 27.4. The molecular formula is C21H24F6N4O2S. The molecule has 1 N–H and O–H groups in total. The number of unbranched alkanes of at least 4 members (excludes halogenated alkanes) is 1. The number of halogens is 6. The van der Waals surface area contributed by atoms with Gasteiger partial charge in [-0.2, -0.15) is 36.4 Å². The molecule has 0 saturated carbocycles. The molecule has 1 amide bonds. The summed E-state index contributed by atoms with van der Waals surface area (Å²) in [6.07, 6.45) is -8.13. The van der Waals surface area contributed by atoms with Crippen molar-refractivity contribution < 1.29 is 36.0 Å². The highest BCUT2D eigenvalue weighted by Gasteiger charge is 2.34. The van der Waals surface area contributed by atoms with Gasteiger partial charge in [-0.1, -0.05) is 52.0 Å². The molecule has 0 bridgehead atoms. The van der Waals surface area contributed by atoms with Crippen molar-refractivity contribution in [3.63, 3.8) is 0 Å².